The summed E-state index contributed by atoms with van der Waals surface area (Å²) in [7, 11) is 1.63. The minimum absolute atomic E-state index is 0.189. The zero-order chi connectivity index (χ0) is 19.8. The summed E-state index contributed by atoms with van der Waals surface area (Å²) in [6.45, 7) is 2.71. The zero-order valence-corrected chi connectivity index (χ0v) is 16.4. The quantitative estimate of drug-likeness (QED) is 0.357. The van der Waals surface area contributed by atoms with Gasteiger partial charge < -0.3 is 9.30 Å². The van der Waals surface area contributed by atoms with Crippen LogP contribution in [0.2, 0.25) is 0 Å². The Hall–Kier alpha value is -3.20. The lowest BCUT2D eigenvalue weighted by Gasteiger charge is -2.07. The van der Waals surface area contributed by atoms with Crippen molar-refractivity contribution >= 4 is 23.9 Å². The highest BCUT2D eigenvalue weighted by Gasteiger charge is 2.14. The van der Waals surface area contributed by atoms with E-state index < -0.39 is 0 Å². The van der Waals surface area contributed by atoms with Crippen molar-refractivity contribution in [2.24, 2.45) is 5.10 Å². The van der Waals surface area contributed by atoms with Crippen LogP contribution in [0.5, 0.6) is 5.75 Å². The summed E-state index contributed by atoms with van der Waals surface area (Å²) in [6.07, 6.45) is 4.90. The predicted molar refractivity (Wildman–Crippen MR) is 108 cm³/mol. The zero-order valence-electron chi connectivity index (χ0n) is 15.6. The Morgan fingerprint density at radius 3 is 2.64 bits per heavy atom. The molecule has 0 bridgehead atoms. The average Bonchev–Trinajstić information content (AvgIpc) is 3.16. The average molecular weight is 396 g/mol. The second kappa shape index (κ2) is 9.65. The predicted octanol–water partition coefficient (Wildman–Crippen LogP) is 2.61. The number of thioether (sulfide) groups is 1. The second-order valence-corrected chi connectivity index (χ2v) is 6.58. The molecular weight excluding hydrogens is 376 g/mol. The molecule has 144 valence electrons. The third-order valence-electron chi connectivity index (χ3n) is 3.82. The molecule has 28 heavy (non-hydrogen) atoms. The summed E-state index contributed by atoms with van der Waals surface area (Å²) in [5.41, 5.74) is 4.31. The number of carbonyl (C=O) groups is 1. The Labute approximate surface area is 167 Å². The molecule has 0 unspecified atom stereocenters. The highest BCUT2D eigenvalue weighted by Crippen LogP contribution is 2.25. The fourth-order valence-electron chi connectivity index (χ4n) is 2.42. The first-order valence-corrected chi connectivity index (χ1v) is 9.62. The van der Waals surface area contributed by atoms with Crippen molar-refractivity contribution in [3.8, 4) is 17.1 Å². The molecular formula is C19H20N6O2S. The maximum Gasteiger partial charge on any atom is 0.250 e. The smallest absolute Gasteiger partial charge is 0.250 e. The first-order chi connectivity index (χ1) is 13.7. The fourth-order valence-corrected chi connectivity index (χ4v) is 3.22. The van der Waals surface area contributed by atoms with Crippen molar-refractivity contribution in [2.45, 2.75) is 18.6 Å². The molecule has 3 rings (SSSR count). The standard InChI is InChI=1S/C19H20N6O2S/c1-3-25-18(15-4-6-16(27-2)7-5-15)23-24-19(25)28-13-17(26)22-21-12-14-8-10-20-11-9-14/h4-12H,3,13H2,1-2H3,(H,22,26)/b21-12-. The molecule has 0 saturated carbocycles. The lowest BCUT2D eigenvalue weighted by Crippen LogP contribution is -2.20. The molecule has 2 heterocycles. The number of amides is 1. The Morgan fingerprint density at radius 2 is 1.96 bits per heavy atom. The largest absolute Gasteiger partial charge is 0.497 e. The first-order valence-electron chi connectivity index (χ1n) is 8.63. The van der Waals surface area contributed by atoms with Gasteiger partial charge in [-0.25, -0.2) is 5.43 Å². The number of rotatable bonds is 8. The van der Waals surface area contributed by atoms with E-state index in [0.717, 1.165) is 22.7 Å². The molecule has 0 spiro atoms. The molecule has 8 nitrogen and oxygen atoms in total. The highest BCUT2D eigenvalue weighted by atomic mass is 32.2. The van der Waals surface area contributed by atoms with Crippen LogP contribution in [0.1, 0.15) is 12.5 Å². The molecule has 1 aromatic carbocycles. The molecule has 0 fully saturated rings. The number of hydrazone groups is 1. The van der Waals surface area contributed by atoms with Gasteiger partial charge in [-0.3, -0.25) is 9.78 Å². The number of ether oxygens (including phenoxy) is 1. The van der Waals surface area contributed by atoms with Gasteiger partial charge in [-0.15, -0.1) is 10.2 Å². The number of benzene rings is 1. The van der Waals surface area contributed by atoms with Crippen molar-refractivity contribution in [3.63, 3.8) is 0 Å². The first kappa shape index (κ1) is 19.6. The normalized spacial score (nSPS) is 10.9. The van der Waals surface area contributed by atoms with Crippen LogP contribution in [0.25, 0.3) is 11.4 Å². The number of hydrogen-bond donors (Lipinski definition) is 1. The van der Waals surface area contributed by atoms with Gasteiger partial charge in [0.05, 0.1) is 19.1 Å². The van der Waals surface area contributed by atoms with Gasteiger partial charge in [0.15, 0.2) is 11.0 Å². The Bertz CT molecular complexity index is 941. The van der Waals surface area contributed by atoms with Crippen LogP contribution in [-0.2, 0) is 11.3 Å². The maximum absolute atomic E-state index is 12.0. The number of nitrogens with zero attached hydrogens (tertiary/aromatic N) is 5. The Kier molecular flexibility index (Phi) is 6.74. The van der Waals surface area contributed by atoms with Gasteiger partial charge in [-0.05, 0) is 48.9 Å². The number of pyridine rings is 1. The maximum atomic E-state index is 12.0. The molecule has 0 aliphatic carbocycles. The van der Waals surface area contributed by atoms with E-state index in [9.17, 15) is 4.79 Å². The number of hydrogen-bond acceptors (Lipinski definition) is 7. The van der Waals surface area contributed by atoms with E-state index in [1.807, 2.05) is 35.8 Å². The topological polar surface area (TPSA) is 94.3 Å². The summed E-state index contributed by atoms with van der Waals surface area (Å²) in [5, 5.41) is 13.1. The van der Waals surface area contributed by atoms with E-state index >= 15 is 0 Å². The Balaban J connectivity index is 1.60. The van der Waals surface area contributed by atoms with Gasteiger partial charge in [0, 0.05) is 24.5 Å². The number of methoxy groups -OCH3 is 1. The monoisotopic (exact) mass is 396 g/mol. The highest BCUT2D eigenvalue weighted by molar-refractivity contribution is 7.99. The van der Waals surface area contributed by atoms with Crippen LogP contribution in [0, 0.1) is 0 Å². The third-order valence-corrected chi connectivity index (χ3v) is 4.79. The fraction of sp³-hybridized carbons (Fsp3) is 0.211. The second-order valence-electron chi connectivity index (χ2n) is 5.64. The molecule has 0 radical (unpaired) electrons. The van der Waals surface area contributed by atoms with Crippen molar-refractivity contribution in [1.29, 1.82) is 0 Å². The summed E-state index contributed by atoms with van der Waals surface area (Å²) >= 11 is 1.32. The SMILES string of the molecule is CCn1c(SCC(=O)N/N=C\c2ccncc2)nnc1-c1ccc(OC)cc1. The minimum atomic E-state index is -0.216. The molecule has 9 heteroatoms. The van der Waals surface area contributed by atoms with E-state index in [1.165, 1.54) is 11.8 Å². The van der Waals surface area contributed by atoms with E-state index in [2.05, 4.69) is 25.7 Å². The van der Waals surface area contributed by atoms with Crippen LogP contribution in [0.15, 0.2) is 59.0 Å². The number of nitrogens with one attached hydrogen (secondary N) is 1. The molecule has 1 amide bonds. The van der Waals surface area contributed by atoms with Gasteiger partial charge in [-0.2, -0.15) is 5.10 Å². The molecule has 0 atom stereocenters. The van der Waals surface area contributed by atoms with E-state index in [1.54, 1.807) is 37.9 Å². The van der Waals surface area contributed by atoms with Gasteiger partial charge in [0.1, 0.15) is 5.75 Å². The van der Waals surface area contributed by atoms with Crippen LogP contribution in [0.3, 0.4) is 0 Å². The summed E-state index contributed by atoms with van der Waals surface area (Å²) in [4.78, 5) is 16.0. The van der Waals surface area contributed by atoms with Crippen LogP contribution in [0.4, 0.5) is 0 Å². The molecule has 0 aliphatic heterocycles. The van der Waals surface area contributed by atoms with Crippen LogP contribution >= 0.6 is 11.8 Å². The Morgan fingerprint density at radius 1 is 1.21 bits per heavy atom. The van der Waals surface area contributed by atoms with E-state index in [4.69, 9.17) is 4.74 Å². The van der Waals surface area contributed by atoms with E-state index in [0.29, 0.717) is 11.7 Å². The summed E-state index contributed by atoms with van der Waals surface area (Å²) < 4.78 is 7.16. The third kappa shape index (κ3) is 4.95. The minimum Gasteiger partial charge on any atom is -0.497 e. The van der Waals surface area contributed by atoms with Gasteiger partial charge in [0.25, 0.3) is 5.91 Å². The van der Waals surface area contributed by atoms with Crippen molar-refractivity contribution < 1.29 is 9.53 Å². The lowest BCUT2D eigenvalue weighted by molar-refractivity contribution is -0.118. The van der Waals surface area contributed by atoms with Crippen molar-refractivity contribution in [3.05, 3.63) is 54.4 Å². The summed E-state index contributed by atoms with van der Waals surface area (Å²) in [6, 6.07) is 11.2. The lowest BCUT2D eigenvalue weighted by atomic mass is 10.2. The molecule has 2 aromatic heterocycles. The van der Waals surface area contributed by atoms with E-state index in [-0.39, 0.29) is 11.7 Å². The van der Waals surface area contributed by atoms with Gasteiger partial charge in [-0.1, -0.05) is 11.8 Å². The molecule has 0 aliphatic rings. The molecule has 0 saturated heterocycles. The van der Waals surface area contributed by atoms with Crippen LogP contribution in [-0.4, -0.2) is 44.7 Å². The molecule has 3 aromatic rings. The van der Waals surface area contributed by atoms with Crippen molar-refractivity contribution in [1.82, 2.24) is 25.2 Å². The molecule has 1 N–H and O–H groups in total. The number of carbonyl (C=O) groups excluding carboxylic acids is 1. The van der Waals surface area contributed by atoms with Crippen molar-refractivity contribution in [2.75, 3.05) is 12.9 Å². The van der Waals surface area contributed by atoms with Crippen LogP contribution < -0.4 is 10.2 Å². The van der Waals surface area contributed by atoms with Gasteiger partial charge >= 0.3 is 0 Å². The number of aromatic nitrogens is 4. The summed E-state index contributed by atoms with van der Waals surface area (Å²) in [5.74, 6) is 1.51. The van der Waals surface area contributed by atoms with Gasteiger partial charge in [0.2, 0.25) is 0 Å².